The monoisotopic (exact) mass is 517 g/mol. The number of nitrogens with zero attached hydrogens (tertiary/aromatic N) is 3. The van der Waals surface area contributed by atoms with Gasteiger partial charge in [-0.2, -0.15) is 0 Å². The van der Waals surface area contributed by atoms with Crippen molar-refractivity contribution in [2.75, 3.05) is 39.5 Å². The first-order valence-electron chi connectivity index (χ1n) is 12.8. The normalized spacial score (nSPS) is 21.1. The number of amides is 2. The Morgan fingerprint density at radius 3 is 2.68 bits per heavy atom. The summed E-state index contributed by atoms with van der Waals surface area (Å²) < 4.78 is 10.8. The van der Waals surface area contributed by atoms with Gasteiger partial charge in [0.2, 0.25) is 12.7 Å². The van der Waals surface area contributed by atoms with Crippen LogP contribution in [-0.2, 0) is 11.2 Å². The number of hydrogen-bond acceptors (Lipinski definition) is 6. The van der Waals surface area contributed by atoms with Crippen LogP contribution in [0.1, 0.15) is 44.9 Å². The van der Waals surface area contributed by atoms with Crippen LogP contribution in [0.2, 0.25) is 0 Å². The summed E-state index contributed by atoms with van der Waals surface area (Å²) in [6.07, 6.45) is 0.969. The fourth-order valence-electron chi connectivity index (χ4n) is 5.75. The Bertz CT molecular complexity index is 1340. The molecule has 6 rings (SSSR count). The third-order valence-corrected chi connectivity index (χ3v) is 8.74. The minimum absolute atomic E-state index is 0.0430. The molecule has 37 heavy (non-hydrogen) atoms. The van der Waals surface area contributed by atoms with E-state index in [4.69, 9.17) is 9.47 Å². The van der Waals surface area contributed by atoms with Gasteiger partial charge in [0.1, 0.15) is 0 Å². The molecule has 0 N–H and O–H groups in total. The maximum Gasteiger partial charge on any atom is 0.254 e. The van der Waals surface area contributed by atoms with E-state index in [1.54, 1.807) is 18.2 Å². The van der Waals surface area contributed by atoms with Gasteiger partial charge < -0.3 is 19.3 Å². The Balaban J connectivity index is 1.14. The zero-order valence-corrected chi connectivity index (χ0v) is 22.0. The number of rotatable bonds is 4. The van der Waals surface area contributed by atoms with Crippen LogP contribution >= 0.6 is 11.3 Å². The Labute approximate surface area is 221 Å². The molecule has 0 saturated carbocycles. The van der Waals surface area contributed by atoms with Crippen LogP contribution in [0.4, 0.5) is 0 Å². The number of ether oxygens (including phenoxy) is 2. The van der Waals surface area contributed by atoms with Gasteiger partial charge >= 0.3 is 0 Å². The van der Waals surface area contributed by atoms with Gasteiger partial charge in [0.05, 0.1) is 12.6 Å². The second-order valence-electron chi connectivity index (χ2n) is 10.0. The molecule has 2 aromatic carbocycles. The Kier molecular flexibility index (Phi) is 6.38. The average molecular weight is 518 g/mol. The average Bonchev–Trinajstić information content (AvgIpc) is 3.58. The van der Waals surface area contributed by atoms with Crippen LogP contribution in [0.25, 0.3) is 0 Å². The van der Waals surface area contributed by atoms with Crippen LogP contribution in [0.15, 0.2) is 53.9 Å². The van der Waals surface area contributed by atoms with Crippen LogP contribution in [0.5, 0.6) is 11.5 Å². The van der Waals surface area contributed by atoms with Gasteiger partial charge in [-0.3, -0.25) is 14.5 Å². The summed E-state index contributed by atoms with van der Waals surface area (Å²) in [5.74, 6) is 1.35. The van der Waals surface area contributed by atoms with Gasteiger partial charge in [0.25, 0.3) is 5.91 Å². The van der Waals surface area contributed by atoms with E-state index in [2.05, 4.69) is 47.5 Å². The molecule has 0 spiro atoms. The molecule has 4 heterocycles. The van der Waals surface area contributed by atoms with Crippen molar-refractivity contribution >= 4 is 23.2 Å². The lowest BCUT2D eigenvalue weighted by atomic mass is 9.90. The van der Waals surface area contributed by atoms with E-state index in [1.807, 2.05) is 28.1 Å². The maximum absolute atomic E-state index is 13.6. The number of fused-ring (bicyclic) bond motifs is 2. The zero-order valence-electron chi connectivity index (χ0n) is 21.2. The second-order valence-corrected chi connectivity index (χ2v) is 11.0. The highest BCUT2D eigenvalue weighted by Gasteiger charge is 2.35. The van der Waals surface area contributed by atoms with Crippen LogP contribution in [0.3, 0.4) is 0 Å². The molecular weight excluding hydrogens is 486 g/mol. The van der Waals surface area contributed by atoms with Gasteiger partial charge in [0.15, 0.2) is 11.5 Å². The second kappa shape index (κ2) is 9.84. The van der Waals surface area contributed by atoms with E-state index in [0.717, 1.165) is 13.0 Å². The van der Waals surface area contributed by atoms with Crippen molar-refractivity contribution < 1.29 is 19.1 Å². The number of carbonyl (C=O) groups excluding carboxylic acids is 2. The fourth-order valence-corrected chi connectivity index (χ4v) is 6.66. The molecule has 1 saturated heterocycles. The van der Waals surface area contributed by atoms with Gasteiger partial charge in [-0.05, 0) is 66.6 Å². The molecule has 7 nitrogen and oxygen atoms in total. The highest BCUT2D eigenvalue weighted by Crippen LogP contribution is 2.39. The number of benzene rings is 2. The summed E-state index contributed by atoms with van der Waals surface area (Å²) in [6.45, 7) is 7.14. The molecule has 192 valence electrons. The smallest absolute Gasteiger partial charge is 0.254 e. The van der Waals surface area contributed by atoms with Crippen molar-refractivity contribution in [3.63, 3.8) is 0 Å². The predicted octanol–water partition coefficient (Wildman–Crippen LogP) is 4.11. The predicted molar refractivity (Wildman–Crippen MR) is 142 cm³/mol. The maximum atomic E-state index is 13.6. The molecule has 0 aliphatic carbocycles. The van der Waals surface area contributed by atoms with Crippen molar-refractivity contribution in [2.24, 2.45) is 0 Å². The highest BCUT2D eigenvalue weighted by molar-refractivity contribution is 7.10. The molecule has 2 atom stereocenters. The molecular formula is C29H31N3O4S. The standard InChI is InChI=1S/C29H31N3O4S/c1-19-5-3-4-6-22(19)28-23-10-14-37-26(23)9-11-31(28)17-27(33)30-12-13-32(20(2)16-30)29(34)21-7-8-24-25(15-21)36-18-35-24/h3-8,10,14-15,20,28H,9,11-13,16-18H2,1-2H3/t20-,28-/m1/s1. The van der Waals surface area contributed by atoms with Gasteiger partial charge in [-0.1, -0.05) is 24.3 Å². The molecule has 2 amide bonds. The molecule has 8 heteroatoms. The number of piperazine rings is 1. The number of carbonyl (C=O) groups is 2. The largest absolute Gasteiger partial charge is 0.454 e. The lowest BCUT2D eigenvalue weighted by molar-refractivity contribution is -0.135. The number of aryl methyl sites for hydroxylation is 1. The van der Waals surface area contributed by atoms with E-state index in [0.29, 0.717) is 43.2 Å². The summed E-state index contributed by atoms with van der Waals surface area (Å²) >= 11 is 1.81. The minimum Gasteiger partial charge on any atom is -0.454 e. The van der Waals surface area contributed by atoms with Crippen LogP contribution in [-0.4, -0.2) is 72.1 Å². The highest BCUT2D eigenvalue weighted by atomic mass is 32.1. The quantitative estimate of drug-likeness (QED) is 0.521. The zero-order chi connectivity index (χ0) is 25.5. The molecule has 0 bridgehead atoms. The third kappa shape index (κ3) is 4.49. The molecule has 3 aliphatic rings. The number of hydrogen-bond donors (Lipinski definition) is 0. The van der Waals surface area contributed by atoms with Gasteiger partial charge in [-0.15, -0.1) is 11.3 Å². The molecule has 1 aromatic heterocycles. The molecule has 3 aromatic rings. The Morgan fingerprint density at radius 1 is 1.00 bits per heavy atom. The molecule has 0 radical (unpaired) electrons. The van der Waals surface area contributed by atoms with E-state index in [-0.39, 0.29) is 30.7 Å². The van der Waals surface area contributed by atoms with Crippen LogP contribution < -0.4 is 9.47 Å². The van der Waals surface area contributed by atoms with E-state index >= 15 is 0 Å². The summed E-state index contributed by atoms with van der Waals surface area (Å²) in [7, 11) is 0. The topological polar surface area (TPSA) is 62.3 Å². The Morgan fingerprint density at radius 2 is 1.84 bits per heavy atom. The van der Waals surface area contributed by atoms with Crippen molar-refractivity contribution in [2.45, 2.75) is 32.4 Å². The summed E-state index contributed by atoms with van der Waals surface area (Å²) in [4.78, 5) is 34.3. The first-order valence-corrected chi connectivity index (χ1v) is 13.7. The molecule has 0 unspecified atom stereocenters. The van der Waals surface area contributed by atoms with Gasteiger partial charge in [-0.25, -0.2) is 0 Å². The van der Waals surface area contributed by atoms with E-state index in [9.17, 15) is 9.59 Å². The summed E-state index contributed by atoms with van der Waals surface area (Å²) in [5.41, 5.74) is 4.41. The lowest BCUT2D eigenvalue weighted by Gasteiger charge is -2.42. The summed E-state index contributed by atoms with van der Waals surface area (Å²) in [6, 6.07) is 16.0. The molecule has 1 fully saturated rings. The fraction of sp³-hybridized carbons (Fsp3) is 0.379. The first-order chi connectivity index (χ1) is 18.0. The third-order valence-electron chi connectivity index (χ3n) is 7.75. The first kappa shape index (κ1) is 24.0. The Hall–Kier alpha value is -3.36. The van der Waals surface area contributed by atoms with E-state index in [1.165, 1.54) is 21.6 Å². The van der Waals surface area contributed by atoms with Crippen molar-refractivity contribution in [3.05, 3.63) is 81.0 Å². The van der Waals surface area contributed by atoms with Crippen molar-refractivity contribution in [1.29, 1.82) is 0 Å². The van der Waals surface area contributed by atoms with Crippen molar-refractivity contribution in [3.8, 4) is 11.5 Å². The minimum atomic E-state index is -0.0763. The lowest BCUT2D eigenvalue weighted by Crippen LogP contribution is -2.57. The van der Waals surface area contributed by atoms with E-state index < -0.39 is 0 Å². The van der Waals surface area contributed by atoms with Crippen LogP contribution in [0, 0.1) is 6.92 Å². The summed E-state index contributed by atoms with van der Waals surface area (Å²) in [5, 5.41) is 2.17. The SMILES string of the molecule is Cc1ccccc1[C@@H]1c2ccsc2CCN1CC(=O)N1CCN(C(=O)c2ccc3c(c2)OCO3)[C@H](C)C1. The number of thiophene rings is 1. The van der Waals surface area contributed by atoms with Crippen molar-refractivity contribution in [1.82, 2.24) is 14.7 Å². The molecule has 3 aliphatic heterocycles. The van der Waals surface area contributed by atoms with Gasteiger partial charge in [0, 0.05) is 42.7 Å².